The van der Waals surface area contributed by atoms with Crippen LogP contribution in [0.4, 0.5) is 28.4 Å². The van der Waals surface area contributed by atoms with Crippen LogP contribution in [-0.4, -0.2) is 0 Å². The summed E-state index contributed by atoms with van der Waals surface area (Å²) >= 11 is 0. The van der Waals surface area contributed by atoms with Gasteiger partial charge in [0.25, 0.3) is 0 Å². The van der Waals surface area contributed by atoms with E-state index < -0.39 is 0 Å². The van der Waals surface area contributed by atoms with Crippen LogP contribution in [0.3, 0.4) is 0 Å². The normalized spacial score (nSPS) is 10.6. The molecule has 0 saturated carbocycles. The lowest BCUT2D eigenvalue weighted by atomic mass is 10.1. The molecule has 0 spiro atoms. The van der Waals surface area contributed by atoms with Crippen molar-refractivity contribution in [3.63, 3.8) is 0 Å². The first kappa shape index (κ1) is 18.8. The summed E-state index contributed by atoms with van der Waals surface area (Å²) in [6, 6.07) is 34.3. The van der Waals surface area contributed by atoms with Gasteiger partial charge in [-0.15, -0.1) is 0 Å². The third kappa shape index (κ3) is 4.33. The number of nitrogens with zero attached hydrogens (tertiary/aromatic N) is 1. The number of anilines is 5. The molecule has 4 aromatic carbocycles. The van der Waals surface area contributed by atoms with E-state index >= 15 is 0 Å². The molecule has 0 aromatic heterocycles. The fraction of sp³-hybridized carbons (Fsp3) is 0.111. The van der Waals surface area contributed by atoms with E-state index in [-0.39, 0.29) is 0 Å². The molecule has 0 amide bonds. The maximum absolute atomic E-state index is 3.60. The number of aryl methyl sites for hydroxylation is 3. The van der Waals surface area contributed by atoms with Crippen LogP contribution in [-0.2, 0) is 0 Å². The minimum atomic E-state index is 1.07. The molecule has 2 heteroatoms. The second kappa shape index (κ2) is 8.24. The molecule has 0 fully saturated rings. The van der Waals surface area contributed by atoms with Gasteiger partial charge in [0.2, 0.25) is 0 Å². The average molecular weight is 379 g/mol. The zero-order chi connectivity index (χ0) is 20.2. The molecular weight excluding hydrogens is 352 g/mol. The summed E-state index contributed by atoms with van der Waals surface area (Å²) in [6.07, 6.45) is 0. The molecule has 0 radical (unpaired) electrons. The molecule has 0 aliphatic rings. The van der Waals surface area contributed by atoms with Gasteiger partial charge in [0.05, 0.1) is 11.4 Å². The van der Waals surface area contributed by atoms with Crippen LogP contribution < -0.4 is 10.2 Å². The van der Waals surface area contributed by atoms with Crippen molar-refractivity contribution in [2.24, 2.45) is 0 Å². The minimum Gasteiger partial charge on any atom is -0.354 e. The Hall–Kier alpha value is -3.52. The van der Waals surface area contributed by atoms with Crippen LogP contribution in [0.25, 0.3) is 0 Å². The molecule has 0 aliphatic heterocycles. The molecule has 0 bridgehead atoms. The summed E-state index contributed by atoms with van der Waals surface area (Å²) in [4.78, 5) is 2.30. The Morgan fingerprint density at radius 3 is 1.48 bits per heavy atom. The van der Waals surface area contributed by atoms with Gasteiger partial charge in [0.1, 0.15) is 0 Å². The van der Waals surface area contributed by atoms with Gasteiger partial charge in [-0.1, -0.05) is 65.2 Å². The number of benzene rings is 4. The van der Waals surface area contributed by atoms with E-state index in [9.17, 15) is 0 Å². The maximum atomic E-state index is 3.60. The van der Waals surface area contributed by atoms with Gasteiger partial charge < -0.3 is 10.2 Å². The van der Waals surface area contributed by atoms with E-state index in [4.69, 9.17) is 0 Å². The zero-order valence-corrected chi connectivity index (χ0v) is 17.2. The lowest BCUT2D eigenvalue weighted by Gasteiger charge is -2.28. The van der Waals surface area contributed by atoms with Crippen LogP contribution >= 0.6 is 0 Å². The highest BCUT2D eigenvalue weighted by Gasteiger charge is 2.16. The van der Waals surface area contributed by atoms with Crippen LogP contribution in [0.5, 0.6) is 0 Å². The highest BCUT2D eigenvalue weighted by Crippen LogP contribution is 2.39. The first-order chi connectivity index (χ1) is 14.1. The highest BCUT2D eigenvalue weighted by molar-refractivity contribution is 5.86. The summed E-state index contributed by atoms with van der Waals surface area (Å²) in [5, 5.41) is 3.60. The van der Waals surface area contributed by atoms with E-state index in [0.29, 0.717) is 0 Å². The number of rotatable bonds is 5. The Kier molecular flexibility index (Phi) is 5.35. The number of hydrogen-bond donors (Lipinski definition) is 1. The van der Waals surface area contributed by atoms with E-state index in [1.807, 2.05) is 0 Å². The van der Waals surface area contributed by atoms with Crippen LogP contribution in [0.1, 0.15) is 16.7 Å². The third-order valence-electron chi connectivity index (χ3n) is 5.06. The van der Waals surface area contributed by atoms with Gasteiger partial charge in [-0.3, -0.25) is 0 Å². The molecular formula is C27H26N2. The van der Waals surface area contributed by atoms with Gasteiger partial charge in [0.15, 0.2) is 0 Å². The SMILES string of the molecule is Cc1ccc(Nc2ccccc2N(c2ccc(C)cc2)c2ccc(C)cc2)cc1. The van der Waals surface area contributed by atoms with Gasteiger partial charge in [-0.05, 0) is 69.3 Å². The summed E-state index contributed by atoms with van der Waals surface area (Å²) in [6.45, 7) is 6.34. The van der Waals surface area contributed by atoms with Gasteiger partial charge in [-0.25, -0.2) is 0 Å². The van der Waals surface area contributed by atoms with E-state index in [2.05, 4.69) is 128 Å². The lowest BCUT2D eigenvalue weighted by molar-refractivity contribution is 1.26. The molecule has 4 rings (SSSR count). The van der Waals surface area contributed by atoms with Gasteiger partial charge >= 0.3 is 0 Å². The zero-order valence-electron chi connectivity index (χ0n) is 17.2. The summed E-state index contributed by atoms with van der Waals surface area (Å²) in [5.41, 5.74) is 9.29. The van der Waals surface area contributed by atoms with E-state index in [0.717, 1.165) is 28.4 Å². The molecule has 1 N–H and O–H groups in total. The molecule has 0 atom stereocenters. The van der Waals surface area contributed by atoms with Crippen molar-refractivity contribution in [3.8, 4) is 0 Å². The first-order valence-corrected chi connectivity index (χ1v) is 9.96. The highest BCUT2D eigenvalue weighted by atomic mass is 15.2. The summed E-state index contributed by atoms with van der Waals surface area (Å²) < 4.78 is 0. The minimum absolute atomic E-state index is 1.07. The Bertz CT molecular complexity index is 1030. The predicted molar refractivity (Wildman–Crippen MR) is 125 cm³/mol. The largest absolute Gasteiger partial charge is 0.354 e. The smallest absolute Gasteiger partial charge is 0.0696 e. The van der Waals surface area contributed by atoms with Crippen molar-refractivity contribution in [1.82, 2.24) is 0 Å². The molecule has 144 valence electrons. The van der Waals surface area contributed by atoms with Crippen LogP contribution in [0.2, 0.25) is 0 Å². The molecule has 0 aliphatic carbocycles. The Morgan fingerprint density at radius 2 is 0.966 bits per heavy atom. The van der Waals surface area contributed by atoms with Crippen molar-refractivity contribution in [2.75, 3.05) is 10.2 Å². The fourth-order valence-corrected chi connectivity index (χ4v) is 3.38. The quantitative estimate of drug-likeness (QED) is 0.381. The van der Waals surface area contributed by atoms with Crippen LogP contribution in [0.15, 0.2) is 97.1 Å². The van der Waals surface area contributed by atoms with Crippen molar-refractivity contribution in [3.05, 3.63) is 114 Å². The molecule has 2 nitrogen and oxygen atoms in total. The molecule has 0 heterocycles. The second-order valence-corrected chi connectivity index (χ2v) is 7.51. The number of para-hydroxylation sites is 2. The molecule has 0 saturated heterocycles. The summed E-state index contributed by atoms with van der Waals surface area (Å²) in [7, 11) is 0. The van der Waals surface area contributed by atoms with Crippen molar-refractivity contribution in [2.45, 2.75) is 20.8 Å². The van der Waals surface area contributed by atoms with E-state index in [1.54, 1.807) is 0 Å². The molecule has 4 aromatic rings. The molecule has 0 unspecified atom stereocenters. The molecule has 29 heavy (non-hydrogen) atoms. The van der Waals surface area contributed by atoms with Crippen molar-refractivity contribution >= 4 is 28.4 Å². The maximum Gasteiger partial charge on any atom is 0.0696 e. The van der Waals surface area contributed by atoms with Gasteiger partial charge in [-0.2, -0.15) is 0 Å². The monoisotopic (exact) mass is 378 g/mol. The average Bonchev–Trinajstić information content (AvgIpc) is 2.74. The third-order valence-corrected chi connectivity index (χ3v) is 5.06. The summed E-state index contributed by atoms with van der Waals surface area (Å²) in [5.74, 6) is 0. The fourth-order valence-electron chi connectivity index (χ4n) is 3.38. The first-order valence-electron chi connectivity index (χ1n) is 9.96. The van der Waals surface area contributed by atoms with Crippen molar-refractivity contribution < 1.29 is 0 Å². The topological polar surface area (TPSA) is 15.3 Å². The number of hydrogen-bond acceptors (Lipinski definition) is 2. The van der Waals surface area contributed by atoms with E-state index in [1.165, 1.54) is 16.7 Å². The Labute approximate surface area is 173 Å². The Morgan fingerprint density at radius 1 is 0.517 bits per heavy atom. The standard InChI is InChI=1S/C27H26N2/c1-20-8-14-23(15-9-20)28-26-6-4-5-7-27(26)29(24-16-10-21(2)11-17-24)25-18-12-22(3)13-19-25/h4-19,28H,1-3H3. The van der Waals surface area contributed by atoms with Crippen molar-refractivity contribution in [1.29, 1.82) is 0 Å². The van der Waals surface area contributed by atoms with Gasteiger partial charge in [0, 0.05) is 17.1 Å². The number of nitrogens with one attached hydrogen (secondary N) is 1. The second-order valence-electron chi connectivity index (χ2n) is 7.51. The lowest BCUT2D eigenvalue weighted by Crippen LogP contribution is -2.12. The van der Waals surface area contributed by atoms with Crippen LogP contribution in [0, 0.1) is 20.8 Å². The Balaban J connectivity index is 1.81. The predicted octanol–water partition coefficient (Wildman–Crippen LogP) is 7.83.